The van der Waals surface area contributed by atoms with Crippen molar-refractivity contribution in [2.75, 3.05) is 7.11 Å². The quantitative estimate of drug-likeness (QED) is 0.383. The first-order chi connectivity index (χ1) is 15.2. The van der Waals surface area contributed by atoms with Crippen LogP contribution in [-0.4, -0.2) is 31.6 Å². The summed E-state index contributed by atoms with van der Waals surface area (Å²) in [7, 11) is 3.52. The molecule has 0 saturated carbocycles. The average molecular weight is 428 g/mol. The largest absolute Gasteiger partial charge is 0.480 e. The lowest BCUT2D eigenvalue weighted by molar-refractivity contribution is 0.401. The Kier molecular flexibility index (Phi) is 4.84. The maximum absolute atomic E-state index is 6.89. The molecule has 0 radical (unpaired) electrons. The maximum atomic E-state index is 6.89. The summed E-state index contributed by atoms with van der Waals surface area (Å²) >= 11 is 6.89. The highest BCUT2D eigenvalue weighted by Crippen LogP contribution is 2.40. The Balaban J connectivity index is 1.67. The lowest BCUT2D eigenvalue weighted by Gasteiger charge is -2.13. The van der Waals surface area contributed by atoms with Gasteiger partial charge in [0, 0.05) is 24.2 Å². The van der Waals surface area contributed by atoms with Crippen LogP contribution in [0.2, 0.25) is 5.02 Å². The van der Waals surface area contributed by atoms with Gasteiger partial charge in [0.2, 0.25) is 5.88 Å². The van der Waals surface area contributed by atoms with Crippen LogP contribution in [0.1, 0.15) is 0 Å². The van der Waals surface area contributed by atoms with Crippen LogP contribution in [0.15, 0.2) is 73.3 Å². The number of fused-ring (bicyclic) bond motifs is 1. The number of pyridine rings is 1. The van der Waals surface area contributed by atoms with Gasteiger partial charge in [-0.3, -0.25) is 0 Å². The molecule has 0 atom stereocenters. The molecule has 0 N–H and O–H groups in total. The van der Waals surface area contributed by atoms with Crippen LogP contribution in [0.3, 0.4) is 0 Å². The number of halogens is 1. The summed E-state index contributed by atoms with van der Waals surface area (Å²) in [6.45, 7) is 0. The van der Waals surface area contributed by atoms with Crippen molar-refractivity contribution < 1.29 is 4.74 Å². The standard InChI is InChI=1S/C24H18ClN5O/c1-30-14-26-13-20(30)23-27-11-10-18(28-23)16-8-9-19-17(12-16)22(25)21(24(29-19)31-2)15-6-4-3-5-7-15/h3-14H,1-2H3. The van der Waals surface area contributed by atoms with E-state index in [1.807, 2.05) is 66.2 Å². The number of aromatic nitrogens is 5. The third kappa shape index (κ3) is 3.41. The molecular weight excluding hydrogens is 410 g/mol. The minimum absolute atomic E-state index is 0.497. The average Bonchev–Trinajstić information content (AvgIpc) is 3.25. The summed E-state index contributed by atoms with van der Waals surface area (Å²) in [6, 6.07) is 17.7. The molecule has 0 aliphatic rings. The fourth-order valence-corrected chi connectivity index (χ4v) is 3.92. The second-order valence-corrected chi connectivity index (χ2v) is 7.44. The molecule has 0 unspecified atom stereocenters. The van der Waals surface area contributed by atoms with Crippen LogP contribution >= 0.6 is 11.6 Å². The van der Waals surface area contributed by atoms with Gasteiger partial charge in [-0.15, -0.1) is 0 Å². The minimum atomic E-state index is 0.497. The predicted octanol–water partition coefficient (Wildman–Crippen LogP) is 5.42. The first kappa shape index (κ1) is 19.2. The summed E-state index contributed by atoms with van der Waals surface area (Å²) in [4.78, 5) is 18.0. The SMILES string of the molecule is COc1nc2ccc(-c3ccnc(-c4cncn4C)n3)cc2c(Cl)c1-c1ccccc1. The normalized spacial score (nSPS) is 11.1. The Morgan fingerprint density at radius 3 is 2.55 bits per heavy atom. The predicted molar refractivity (Wildman–Crippen MR) is 122 cm³/mol. The van der Waals surface area contributed by atoms with Gasteiger partial charge < -0.3 is 9.30 Å². The van der Waals surface area contributed by atoms with Crippen LogP contribution in [-0.2, 0) is 7.05 Å². The number of aryl methyl sites for hydroxylation is 1. The zero-order chi connectivity index (χ0) is 21.4. The molecule has 2 aromatic carbocycles. The van der Waals surface area contributed by atoms with E-state index in [1.165, 1.54) is 0 Å². The summed E-state index contributed by atoms with van der Waals surface area (Å²) in [5, 5.41) is 1.43. The minimum Gasteiger partial charge on any atom is -0.480 e. The Morgan fingerprint density at radius 1 is 0.968 bits per heavy atom. The Labute approximate surface area is 184 Å². The first-order valence-electron chi connectivity index (χ1n) is 9.68. The second-order valence-electron chi connectivity index (χ2n) is 7.06. The number of benzene rings is 2. The van der Waals surface area contributed by atoms with Gasteiger partial charge >= 0.3 is 0 Å². The Morgan fingerprint density at radius 2 is 1.81 bits per heavy atom. The van der Waals surface area contributed by atoms with Crippen LogP contribution in [0.4, 0.5) is 0 Å². The van der Waals surface area contributed by atoms with Crippen molar-refractivity contribution in [3.8, 4) is 39.8 Å². The molecule has 31 heavy (non-hydrogen) atoms. The van der Waals surface area contributed by atoms with Gasteiger partial charge in [-0.2, -0.15) is 0 Å². The van der Waals surface area contributed by atoms with E-state index in [0.717, 1.165) is 39.0 Å². The molecule has 3 heterocycles. The highest BCUT2D eigenvalue weighted by atomic mass is 35.5. The molecule has 152 valence electrons. The van der Waals surface area contributed by atoms with E-state index >= 15 is 0 Å². The molecule has 6 nitrogen and oxygen atoms in total. The van der Waals surface area contributed by atoms with E-state index < -0.39 is 0 Å². The van der Waals surface area contributed by atoms with Crippen molar-refractivity contribution in [3.05, 3.63) is 78.3 Å². The highest BCUT2D eigenvalue weighted by Gasteiger charge is 2.17. The lowest BCUT2D eigenvalue weighted by atomic mass is 10.0. The zero-order valence-corrected chi connectivity index (χ0v) is 17.7. The van der Waals surface area contributed by atoms with Gasteiger partial charge in [0.05, 0.1) is 41.4 Å². The molecule has 0 aliphatic carbocycles. The number of hydrogen-bond donors (Lipinski definition) is 0. The van der Waals surface area contributed by atoms with Crippen molar-refractivity contribution >= 4 is 22.5 Å². The number of hydrogen-bond acceptors (Lipinski definition) is 5. The molecule has 7 heteroatoms. The summed E-state index contributed by atoms with van der Waals surface area (Å²) < 4.78 is 7.44. The van der Waals surface area contributed by atoms with Crippen LogP contribution in [0, 0.1) is 0 Å². The molecular formula is C24H18ClN5O. The molecule has 5 aromatic rings. The molecule has 0 spiro atoms. The fraction of sp³-hybridized carbons (Fsp3) is 0.0833. The van der Waals surface area contributed by atoms with Gasteiger partial charge in [-0.05, 0) is 23.8 Å². The lowest BCUT2D eigenvalue weighted by Crippen LogP contribution is -1.97. The Bertz CT molecular complexity index is 1400. The molecule has 3 aromatic heterocycles. The number of imidazole rings is 1. The number of ether oxygens (including phenoxy) is 1. The highest BCUT2D eigenvalue weighted by molar-refractivity contribution is 6.38. The van der Waals surface area contributed by atoms with Gasteiger partial charge in [0.25, 0.3) is 0 Å². The molecule has 5 rings (SSSR count). The van der Waals surface area contributed by atoms with Gasteiger partial charge in [0.1, 0.15) is 5.69 Å². The Hall–Kier alpha value is -3.77. The summed E-state index contributed by atoms with van der Waals surface area (Å²) in [5.41, 5.74) is 5.04. The van der Waals surface area contributed by atoms with E-state index in [2.05, 4.69) is 15.0 Å². The third-order valence-electron chi connectivity index (χ3n) is 5.14. The van der Waals surface area contributed by atoms with Crippen molar-refractivity contribution in [1.29, 1.82) is 0 Å². The van der Waals surface area contributed by atoms with E-state index in [-0.39, 0.29) is 0 Å². The number of nitrogens with zero attached hydrogens (tertiary/aromatic N) is 5. The number of methoxy groups -OCH3 is 1. The van der Waals surface area contributed by atoms with Gasteiger partial charge in [0.15, 0.2) is 5.82 Å². The molecule has 0 aliphatic heterocycles. The van der Waals surface area contributed by atoms with Crippen molar-refractivity contribution in [2.24, 2.45) is 7.05 Å². The number of rotatable bonds is 4. The van der Waals surface area contributed by atoms with Gasteiger partial charge in [-0.1, -0.05) is 48.0 Å². The fourth-order valence-electron chi connectivity index (χ4n) is 3.58. The van der Waals surface area contributed by atoms with Crippen molar-refractivity contribution in [1.82, 2.24) is 24.5 Å². The zero-order valence-electron chi connectivity index (χ0n) is 17.0. The van der Waals surface area contributed by atoms with Crippen LogP contribution in [0.5, 0.6) is 5.88 Å². The first-order valence-corrected chi connectivity index (χ1v) is 10.1. The van der Waals surface area contributed by atoms with Gasteiger partial charge in [-0.25, -0.2) is 19.9 Å². The maximum Gasteiger partial charge on any atom is 0.223 e. The third-order valence-corrected chi connectivity index (χ3v) is 5.53. The topological polar surface area (TPSA) is 65.7 Å². The summed E-state index contributed by atoms with van der Waals surface area (Å²) in [6.07, 6.45) is 5.22. The van der Waals surface area contributed by atoms with E-state index in [1.54, 1.807) is 25.8 Å². The summed E-state index contributed by atoms with van der Waals surface area (Å²) in [5.74, 6) is 1.11. The second kappa shape index (κ2) is 7.81. The molecule has 0 amide bonds. The van der Waals surface area contributed by atoms with Crippen LogP contribution < -0.4 is 4.74 Å². The van der Waals surface area contributed by atoms with E-state index in [4.69, 9.17) is 21.3 Å². The molecule has 0 bridgehead atoms. The van der Waals surface area contributed by atoms with Crippen molar-refractivity contribution in [2.45, 2.75) is 0 Å². The van der Waals surface area contributed by atoms with Crippen LogP contribution in [0.25, 0.3) is 44.8 Å². The van der Waals surface area contributed by atoms with Crippen molar-refractivity contribution in [3.63, 3.8) is 0 Å². The molecule has 0 saturated heterocycles. The molecule has 0 fully saturated rings. The van der Waals surface area contributed by atoms with E-state index in [9.17, 15) is 0 Å². The van der Waals surface area contributed by atoms with E-state index in [0.29, 0.717) is 16.7 Å². The smallest absolute Gasteiger partial charge is 0.223 e. The monoisotopic (exact) mass is 427 g/mol.